The lowest BCUT2D eigenvalue weighted by atomic mass is 10.1. The molecular weight excluding hydrogens is 234 g/mol. The van der Waals surface area contributed by atoms with Gasteiger partial charge >= 0.3 is 0 Å². The molecule has 0 bridgehead atoms. The summed E-state index contributed by atoms with van der Waals surface area (Å²) in [4.78, 5) is 16.0. The monoisotopic (exact) mass is 255 g/mol. The average Bonchev–Trinajstić information content (AvgIpc) is 2.64. The molecular formula is C12H21N3OS. The van der Waals surface area contributed by atoms with E-state index in [1.165, 1.54) is 0 Å². The van der Waals surface area contributed by atoms with Crippen molar-refractivity contribution in [1.29, 1.82) is 0 Å². The number of rotatable bonds is 6. The average molecular weight is 255 g/mol. The van der Waals surface area contributed by atoms with Crippen molar-refractivity contribution in [3.8, 4) is 0 Å². The number of nitrogens with one attached hydrogen (secondary N) is 1. The summed E-state index contributed by atoms with van der Waals surface area (Å²) in [5, 5.41) is 5.67. The molecule has 96 valence electrons. The van der Waals surface area contributed by atoms with Crippen LogP contribution in [0, 0.1) is 5.92 Å². The van der Waals surface area contributed by atoms with Gasteiger partial charge in [0.2, 0.25) is 0 Å². The zero-order chi connectivity index (χ0) is 12.8. The van der Waals surface area contributed by atoms with Crippen molar-refractivity contribution in [1.82, 2.24) is 10.3 Å². The predicted octanol–water partition coefficient (Wildman–Crippen LogP) is 1.81. The Morgan fingerprint density at radius 2 is 2.24 bits per heavy atom. The first-order valence-corrected chi connectivity index (χ1v) is 6.85. The molecule has 0 aliphatic carbocycles. The number of nitrogens with zero attached hydrogens (tertiary/aromatic N) is 1. The van der Waals surface area contributed by atoms with Crippen LogP contribution in [0.1, 0.15) is 42.7 Å². The maximum atomic E-state index is 11.7. The molecule has 1 unspecified atom stereocenters. The largest absolute Gasteiger partial charge is 0.351 e. The van der Waals surface area contributed by atoms with E-state index >= 15 is 0 Å². The maximum Gasteiger partial charge on any atom is 0.270 e. The Labute approximate surface area is 107 Å². The van der Waals surface area contributed by atoms with E-state index < -0.39 is 0 Å². The van der Waals surface area contributed by atoms with Gasteiger partial charge < -0.3 is 11.1 Å². The molecule has 1 aromatic rings. The molecule has 0 aromatic carbocycles. The normalized spacial score (nSPS) is 12.8. The van der Waals surface area contributed by atoms with E-state index in [2.05, 4.69) is 24.1 Å². The Morgan fingerprint density at radius 1 is 1.53 bits per heavy atom. The molecule has 1 heterocycles. The third-order valence-corrected chi connectivity index (χ3v) is 3.12. The van der Waals surface area contributed by atoms with Gasteiger partial charge in [-0.2, -0.15) is 0 Å². The fraction of sp³-hybridized carbons (Fsp3) is 0.667. The van der Waals surface area contributed by atoms with E-state index in [-0.39, 0.29) is 11.9 Å². The van der Waals surface area contributed by atoms with Gasteiger partial charge in [-0.05, 0) is 19.3 Å². The van der Waals surface area contributed by atoms with Crippen molar-refractivity contribution in [2.45, 2.75) is 39.7 Å². The molecule has 0 saturated heterocycles. The molecule has 1 aromatic heterocycles. The van der Waals surface area contributed by atoms with Gasteiger partial charge in [-0.15, -0.1) is 11.3 Å². The first-order valence-electron chi connectivity index (χ1n) is 5.97. The van der Waals surface area contributed by atoms with Crippen LogP contribution in [0.5, 0.6) is 0 Å². The van der Waals surface area contributed by atoms with E-state index in [4.69, 9.17) is 5.73 Å². The van der Waals surface area contributed by atoms with Crippen LogP contribution in [0.4, 0.5) is 0 Å². The highest BCUT2D eigenvalue weighted by Crippen LogP contribution is 2.14. The Balaban J connectivity index is 2.43. The lowest BCUT2D eigenvalue weighted by Crippen LogP contribution is -2.29. The summed E-state index contributed by atoms with van der Waals surface area (Å²) in [6.07, 6.45) is 1.71. The topological polar surface area (TPSA) is 68.0 Å². The Morgan fingerprint density at radius 3 is 2.82 bits per heavy atom. The lowest BCUT2D eigenvalue weighted by Gasteiger charge is -2.05. The van der Waals surface area contributed by atoms with Crippen LogP contribution in [-0.4, -0.2) is 23.5 Å². The van der Waals surface area contributed by atoms with Crippen LogP contribution >= 0.6 is 11.3 Å². The standard InChI is InChI=1S/C12H21N3OS/c1-8(2)6-11-15-10(7-17-11)12(16)14-5-4-9(3)13/h7-9H,4-6,13H2,1-3H3,(H,14,16). The molecule has 4 nitrogen and oxygen atoms in total. The SMILES string of the molecule is CC(C)Cc1nc(C(=O)NCCC(C)N)cs1. The second-order valence-electron chi connectivity index (χ2n) is 4.75. The minimum absolute atomic E-state index is 0.100. The van der Waals surface area contributed by atoms with Crippen molar-refractivity contribution in [3.05, 3.63) is 16.1 Å². The van der Waals surface area contributed by atoms with E-state index in [1.54, 1.807) is 11.3 Å². The van der Waals surface area contributed by atoms with Gasteiger partial charge in [0.25, 0.3) is 5.91 Å². The van der Waals surface area contributed by atoms with E-state index in [1.807, 2.05) is 12.3 Å². The highest BCUT2D eigenvalue weighted by molar-refractivity contribution is 7.09. The van der Waals surface area contributed by atoms with Crippen LogP contribution in [0.2, 0.25) is 0 Å². The van der Waals surface area contributed by atoms with Gasteiger partial charge in [-0.1, -0.05) is 13.8 Å². The quantitative estimate of drug-likeness (QED) is 0.814. The number of carbonyl (C=O) groups excluding carboxylic acids is 1. The summed E-state index contributed by atoms with van der Waals surface area (Å²) in [5.74, 6) is 0.465. The molecule has 1 amide bonds. The summed E-state index contributed by atoms with van der Waals surface area (Å²) in [6.45, 7) is 6.82. The third-order valence-electron chi connectivity index (χ3n) is 2.25. The van der Waals surface area contributed by atoms with E-state index in [0.29, 0.717) is 18.2 Å². The summed E-state index contributed by atoms with van der Waals surface area (Å²) >= 11 is 1.55. The highest BCUT2D eigenvalue weighted by atomic mass is 32.1. The van der Waals surface area contributed by atoms with Crippen molar-refractivity contribution in [2.24, 2.45) is 11.7 Å². The van der Waals surface area contributed by atoms with Crippen LogP contribution in [-0.2, 0) is 6.42 Å². The number of hydrogen-bond acceptors (Lipinski definition) is 4. The van der Waals surface area contributed by atoms with Gasteiger partial charge in [-0.25, -0.2) is 4.98 Å². The van der Waals surface area contributed by atoms with Crippen molar-refractivity contribution in [3.63, 3.8) is 0 Å². The number of amides is 1. The molecule has 3 N–H and O–H groups in total. The molecule has 0 aliphatic rings. The summed E-state index contributed by atoms with van der Waals surface area (Å²) in [5.41, 5.74) is 6.13. The summed E-state index contributed by atoms with van der Waals surface area (Å²) in [6, 6.07) is 0.113. The Bertz CT molecular complexity index is 360. The van der Waals surface area contributed by atoms with Crippen LogP contribution < -0.4 is 11.1 Å². The minimum Gasteiger partial charge on any atom is -0.351 e. The third kappa shape index (κ3) is 5.28. The Kier molecular flexibility index (Phi) is 5.58. The fourth-order valence-corrected chi connectivity index (χ4v) is 2.35. The molecule has 0 aliphatic heterocycles. The number of hydrogen-bond donors (Lipinski definition) is 2. The second kappa shape index (κ2) is 6.71. The van der Waals surface area contributed by atoms with Crippen molar-refractivity contribution in [2.75, 3.05) is 6.54 Å². The van der Waals surface area contributed by atoms with Crippen LogP contribution in [0.3, 0.4) is 0 Å². The number of thiazole rings is 1. The van der Waals surface area contributed by atoms with Crippen LogP contribution in [0.25, 0.3) is 0 Å². The summed E-state index contributed by atoms with van der Waals surface area (Å²) < 4.78 is 0. The molecule has 1 rings (SSSR count). The molecule has 17 heavy (non-hydrogen) atoms. The summed E-state index contributed by atoms with van der Waals surface area (Å²) in [7, 11) is 0. The number of nitrogens with two attached hydrogens (primary N) is 1. The fourth-order valence-electron chi connectivity index (χ4n) is 1.36. The van der Waals surface area contributed by atoms with E-state index in [9.17, 15) is 4.79 Å². The zero-order valence-electron chi connectivity index (χ0n) is 10.7. The minimum atomic E-state index is -0.100. The van der Waals surface area contributed by atoms with Gasteiger partial charge in [0.15, 0.2) is 0 Å². The van der Waals surface area contributed by atoms with E-state index in [0.717, 1.165) is 17.8 Å². The molecule has 0 spiro atoms. The van der Waals surface area contributed by atoms with Crippen LogP contribution in [0.15, 0.2) is 5.38 Å². The van der Waals surface area contributed by atoms with Gasteiger partial charge in [0, 0.05) is 24.4 Å². The van der Waals surface area contributed by atoms with Gasteiger partial charge in [0.1, 0.15) is 5.69 Å². The first-order chi connectivity index (χ1) is 7.99. The molecule has 0 radical (unpaired) electrons. The molecule has 0 saturated carbocycles. The zero-order valence-corrected chi connectivity index (χ0v) is 11.5. The molecule has 0 fully saturated rings. The Hall–Kier alpha value is -0.940. The predicted molar refractivity (Wildman–Crippen MR) is 71.3 cm³/mol. The molecule has 5 heteroatoms. The molecule has 1 atom stereocenters. The van der Waals surface area contributed by atoms with Gasteiger partial charge in [-0.3, -0.25) is 4.79 Å². The first kappa shape index (κ1) is 14.1. The number of aromatic nitrogens is 1. The highest BCUT2D eigenvalue weighted by Gasteiger charge is 2.11. The van der Waals surface area contributed by atoms with Gasteiger partial charge in [0.05, 0.1) is 5.01 Å². The second-order valence-corrected chi connectivity index (χ2v) is 5.69. The van der Waals surface area contributed by atoms with Crippen molar-refractivity contribution < 1.29 is 4.79 Å². The maximum absolute atomic E-state index is 11.7. The smallest absolute Gasteiger partial charge is 0.270 e. The lowest BCUT2D eigenvalue weighted by molar-refractivity contribution is 0.0948. The number of carbonyl (C=O) groups is 1. The van der Waals surface area contributed by atoms with Crippen molar-refractivity contribution >= 4 is 17.2 Å².